The van der Waals surface area contributed by atoms with Gasteiger partial charge in [-0.1, -0.05) is 53.6 Å². The predicted molar refractivity (Wildman–Crippen MR) is 167 cm³/mol. The molecule has 0 saturated carbocycles. The van der Waals surface area contributed by atoms with Crippen LogP contribution in [0.4, 0.5) is 0 Å². The lowest BCUT2D eigenvalue weighted by Gasteiger charge is -2.25. The van der Waals surface area contributed by atoms with Gasteiger partial charge in [-0.25, -0.2) is 0 Å². The molecule has 1 aliphatic rings. The third-order valence-corrected chi connectivity index (χ3v) is 8.22. The molecule has 1 saturated heterocycles. The highest BCUT2D eigenvalue weighted by molar-refractivity contribution is 6.34. The van der Waals surface area contributed by atoms with E-state index >= 15 is 0 Å². The van der Waals surface area contributed by atoms with Crippen molar-refractivity contribution in [2.75, 3.05) is 19.6 Å². The summed E-state index contributed by atoms with van der Waals surface area (Å²) in [6.45, 7) is 7.65. The highest BCUT2D eigenvalue weighted by Crippen LogP contribution is 2.28. The number of rotatable bonds is 11. The Morgan fingerprint density at radius 2 is 1.76 bits per heavy atom. The number of nitriles is 1. The third kappa shape index (κ3) is 7.68. The van der Waals surface area contributed by atoms with E-state index < -0.39 is 0 Å². The van der Waals surface area contributed by atoms with E-state index in [0.717, 1.165) is 36.5 Å². The number of nitrogens with one attached hydrogen (secondary N) is 2. The van der Waals surface area contributed by atoms with Gasteiger partial charge in [-0.05, 0) is 99.8 Å². The molecule has 3 aromatic carbocycles. The maximum Gasteiger partial charge on any atom is 0.253 e. The van der Waals surface area contributed by atoms with E-state index in [-0.39, 0.29) is 18.0 Å². The fourth-order valence-electron chi connectivity index (χ4n) is 5.41. The second kappa shape index (κ2) is 13.8. The number of likely N-dealkylation sites (tertiary alicyclic amines) is 1. The molecule has 0 bridgehead atoms. The highest BCUT2D eigenvalue weighted by atomic mass is 35.5. The van der Waals surface area contributed by atoms with Crippen LogP contribution in [-0.4, -0.2) is 36.5 Å². The minimum absolute atomic E-state index is 0.0972. The van der Waals surface area contributed by atoms with Crippen LogP contribution in [0.15, 0.2) is 83.3 Å². The monoisotopic (exact) mass is 580 g/mol. The molecule has 7 heteroatoms. The molecule has 2 heterocycles. The van der Waals surface area contributed by atoms with Crippen molar-refractivity contribution in [3.63, 3.8) is 0 Å². The number of amides is 1. The zero-order valence-electron chi connectivity index (χ0n) is 24.2. The van der Waals surface area contributed by atoms with Gasteiger partial charge in [-0.3, -0.25) is 4.79 Å². The molecule has 4 aromatic rings. The molecule has 0 radical (unpaired) electrons. The first-order valence-corrected chi connectivity index (χ1v) is 15.0. The SMILES string of the molecule is Cc1ccc(C(C)NCc2ccc(-c3ccc(Cl)c(C(=O)NC(Cc4ccc(C#N)cc4)CN4CCCC4)c3)o2)cc1. The highest BCUT2D eigenvalue weighted by Gasteiger charge is 2.22. The van der Waals surface area contributed by atoms with Crippen molar-refractivity contribution in [2.24, 2.45) is 0 Å². The van der Waals surface area contributed by atoms with Crippen LogP contribution in [0.2, 0.25) is 5.02 Å². The Hall–Kier alpha value is -3.89. The molecule has 5 rings (SSSR count). The molecule has 0 spiro atoms. The average molecular weight is 581 g/mol. The first-order valence-electron chi connectivity index (χ1n) is 14.6. The molecule has 2 atom stereocenters. The van der Waals surface area contributed by atoms with E-state index in [1.165, 1.54) is 24.0 Å². The third-order valence-electron chi connectivity index (χ3n) is 7.89. The van der Waals surface area contributed by atoms with Crippen molar-refractivity contribution in [2.45, 2.75) is 51.7 Å². The van der Waals surface area contributed by atoms with Gasteiger partial charge >= 0.3 is 0 Å². The van der Waals surface area contributed by atoms with Crippen molar-refractivity contribution in [3.05, 3.63) is 117 Å². The van der Waals surface area contributed by atoms with Crippen LogP contribution < -0.4 is 10.6 Å². The van der Waals surface area contributed by atoms with Crippen molar-refractivity contribution in [1.29, 1.82) is 5.26 Å². The van der Waals surface area contributed by atoms with Crippen molar-refractivity contribution in [3.8, 4) is 17.4 Å². The summed E-state index contributed by atoms with van der Waals surface area (Å²) in [5.74, 6) is 1.30. The molecule has 1 amide bonds. The molecule has 2 unspecified atom stereocenters. The maximum absolute atomic E-state index is 13.6. The molecule has 216 valence electrons. The van der Waals surface area contributed by atoms with Crippen molar-refractivity contribution in [1.82, 2.24) is 15.5 Å². The summed E-state index contributed by atoms with van der Waals surface area (Å²) in [4.78, 5) is 16.0. The smallest absolute Gasteiger partial charge is 0.253 e. The normalized spacial score (nSPS) is 14.8. The standard InChI is InChI=1S/C35H37ClN4O2/c1-24-5-11-28(12-6-24)25(2)38-22-31-14-16-34(42-31)29-13-15-33(36)32(20-29)35(41)39-30(23-40-17-3-4-18-40)19-26-7-9-27(21-37)10-8-26/h5-16,20,25,30,38H,3-4,17-19,22-23H2,1-2H3,(H,39,41). The van der Waals surface area contributed by atoms with Gasteiger partial charge in [0.25, 0.3) is 5.91 Å². The topological polar surface area (TPSA) is 81.3 Å². The van der Waals surface area contributed by atoms with Gasteiger partial charge in [0.05, 0.1) is 28.8 Å². The number of hydrogen-bond acceptors (Lipinski definition) is 5. The zero-order chi connectivity index (χ0) is 29.5. The first kappa shape index (κ1) is 29.6. The second-order valence-corrected chi connectivity index (χ2v) is 11.6. The number of carbonyl (C=O) groups excluding carboxylic acids is 1. The summed E-state index contributed by atoms with van der Waals surface area (Å²) in [5, 5.41) is 16.3. The quantitative estimate of drug-likeness (QED) is 0.198. The lowest BCUT2D eigenvalue weighted by Crippen LogP contribution is -2.44. The van der Waals surface area contributed by atoms with Crippen LogP contribution >= 0.6 is 11.6 Å². The fourth-order valence-corrected chi connectivity index (χ4v) is 5.61. The Labute approximate surface area is 253 Å². The number of halogens is 1. The molecule has 1 aromatic heterocycles. The fraction of sp³-hybridized carbons (Fsp3) is 0.314. The van der Waals surface area contributed by atoms with E-state index in [1.807, 2.05) is 42.5 Å². The molecular formula is C35H37ClN4O2. The van der Waals surface area contributed by atoms with E-state index in [2.05, 4.69) is 59.7 Å². The summed E-state index contributed by atoms with van der Waals surface area (Å²) in [6.07, 6.45) is 3.02. The minimum Gasteiger partial charge on any atom is -0.460 e. The van der Waals surface area contributed by atoms with Gasteiger partial charge in [0.2, 0.25) is 0 Å². The number of furan rings is 1. The van der Waals surface area contributed by atoms with Gasteiger partial charge in [0.1, 0.15) is 11.5 Å². The van der Waals surface area contributed by atoms with Gasteiger partial charge in [0, 0.05) is 24.2 Å². The van der Waals surface area contributed by atoms with Crippen LogP contribution in [0.1, 0.15) is 64.2 Å². The minimum atomic E-state index is -0.208. The predicted octanol–water partition coefficient (Wildman–Crippen LogP) is 7.07. The lowest BCUT2D eigenvalue weighted by molar-refractivity contribution is 0.0927. The number of hydrogen-bond donors (Lipinski definition) is 2. The van der Waals surface area contributed by atoms with E-state index in [0.29, 0.717) is 34.9 Å². The number of aryl methyl sites for hydroxylation is 1. The number of carbonyl (C=O) groups is 1. The Kier molecular flexibility index (Phi) is 9.76. The van der Waals surface area contributed by atoms with Crippen molar-refractivity contribution < 1.29 is 9.21 Å². The molecule has 6 nitrogen and oxygen atoms in total. The maximum atomic E-state index is 13.6. The molecule has 1 fully saturated rings. The van der Waals surface area contributed by atoms with E-state index in [9.17, 15) is 4.79 Å². The summed E-state index contributed by atoms with van der Waals surface area (Å²) in [6, 6.07) is 27.6. The average Bonchev–Trinajstić information content (AvgIpc) is 3.69. The Bertz CT molecular complexity index is 1530. The molecule has 0 aliphatic carbocycles. The second-order valence-electron chi connectivity index (χ2n) is 11.2. The molecule has 42 heavy (non-hydrogen) atoms. The Morgan fingerprint density at radius 3 is 2.48 bits per heavy atom. The summed E-state index contributed by atoms with van der Waals surface area (Å²) in [5.41, 5.74) is 5.39. The number of benzene rings is 3. The van der Waals surface area contributed by atoms with E-state index in [1.54, 1.807) is 12.1 Å². The molecule has 1 aliphatic heterocycles. The lowest BCUT2D eigenvalue weighted by atomic mass is 10.0. The molecule has 2 N–H and O–H groups in total. The van der Waals surface area contributed by atoms with Crippen LogP contribution in [-0.2, 0) is 13.0 Å². The van der Waals surface area contributed by atoms with E-state index in [4.69, 9.17) is 21.3 Å². The Balaban J connectivity index is 1.26. The summed E-state index contributed by atoms with van der Waals surface area (Å²) in [7, 11) is 0. The number of nitrogens with zero attached hydrogens (tertiary/aromatic N) is 2. The van der Waals surface area contributed by atoms with Crippen LogP contribution in [0.3, 0.4) is 0 Å². The zero-order valence-corrected chi connectivity index (χ0v) is 25.0. The molecular weight excluding hydrogens is 544 g/mol. The summed E-state index contributed by atoms with van der Waals surface area (Å²) < 4.78 is 6.15. The van der Waals surface area contributed by atoms with Crippen LogP contribution in [0, 0.1) is 18.3 Å². The first-order chi connectivity index (χ1) is 20.4. The van der Waals surface area contributed by atoms with Crippen LogP contribution in [0.5, 0.6) is 0 Å². The summed E-state index contributed by atoms with van der Waals surface area (Å²) >= 11 is 6.54. The van der Waals surface area contributed by atoms with Gasteiger partial charge in [0.15, 0.2) is 0 Å². The van der Waals surface area contributed by atoms with Gasteiger partial charge in [-0.15, -0.1) is 0 Å². The Morgan fingerprint density at radius 1 is 1.02 bits per heavy atom. The van der Waals surface area contributed by atoms with Gasteiger partial charge in [-0.2, -0.15) is 5.26 Å². The van der Waals surface area contributed by atoms with Crippen molar-refractivity contribution >= 4 is 17.5 Å². The van der Waals surface area contributed by atoms with Gasteiger partial charge < -0.3 is 20.0 Å². The largest absolute Gasteiger partial charge is 0.460 e. The van der Waals surface area contributed by atoms with Crippen LogP contribution in [0.25, 0.3) is 11.3 Å².